The lowest BCUT2D eigenvalue weighted by Crippen LogP contribution is -2.40. The Bertz CT molecular complexity index is 617. The summed E-state index contributed by atoms with van der Waals surface area (Å²) in [4.78, 5) is 28.7. The molecular weight excluding hydrogens is 292 g/mol. The van der Waals surface area contributed by atoms with E-state index in [0.29, 0.717) is 18.5 Å². The molecular formula is C17H24N4O2. The number of benzene rings is 1. The number of likely N-dealkylation sites (N-methyl/N-ethyl adjacent to an activating group) is 1. The van der Waals surface area contributed by atoms with Crippen LogP contribution in [0, 0.1) is 0 Å². The monoisotopic (exact) mass is 316 g/mol. The van der Waals surface area contributed by atoms with Gasteiger partial charge in [0.05, 0.1) is 11.4 Å². The zero-order valence-corrected chi connectivity index (χ0v) is 13.8. The number of rotatable bonds is 3. The van der Waals surface area contributed by atoms with Gasteiger partial charge in [-0.3, -0.25) is 9.59 Å². The number of anilines is 2. The van der Waals surface area contributed by atoms with Crippen molar-refractivity contribution in [2.24, 2.45) is 0 Å². The number of carbonyl (C=O) groups excluding carboxylic acids is 2. The van der Waals surface area contributed by atoms with Gasteiger partial charge in [-0.2, -0.15) is 0 Å². The molecule has 6 heteroatoms. The highest BCUT2D eigenvalue weighted by atomic mass is 16.2. The minimum Gasteiger partial charge on any atom is -0.372 e. The fourth-order valence-corrected chi connectivity index (χ4v) is 3.42. The molecule has 2 aliphatic heterocycles. The first kappa shape index (κ1) is 15.8. The summed E-state index contributed by atoms with van der Waals surface area (Å²) in [6.45, 7) is 2.30. The number of hydrogen-bond acceptors (Lipinski definition) is 4. The van der Waals surface area contributed by atoms with Gasteiger partial charge < -0.3 is 20.4 Å². The second-order valence-corrected chi connectivity index (χ2v) is 6.30. The number of carbonyl (C=O) groups is 2. The van der Waals surface area contributed by atoms with Crippen LogP contribution in [0.5, 0.6) is 0 Å². The van der Waals surface area contributed by atoms with Crippen LogP contribution in [0.1, 0.15) is 29.6 Å². The zero-order chi connectivity index (χ0) is 16.4. The molecule has 0 aliphatic carbocycles. The molecule has 2 aliphatic rings. The van der Waals surface area contributed by atoms with Gasteiger partial charge in [-0.25, -0.2) is 0 Å². The molecule has 2 amide bonds. The average Bonchev–Trinajstić information content (AvgIpc) is 2.94. The molecule has 1 fully saturated rings. The maximum atomic E-state index is 12.8. The molecule has 6 nitrogen and oxygen atoms in total. The number of amides is 2. The molecule has 1 aromatic carbocycles. The molecule has 0 aromatic heterocycles. The van der Waals surface area contributed by atoms with Gasteiger partial charge >= 0.3 is 0 Å². The molecule has 2 heterocycles. The summed E-state index contributed by atoms with van der Waals surface area (Å²) in [5, 5.41) is 6.07. The summed E-state index contributed by atoms with van der Waals surface area (Å²) in [5.74, 6) is 0.0427. The molecule has 1 atom stereocenters. The lowest BCUT2D eigenvalue weighted by atomic mass is 10.1. The molecule has 0 bridgehead atoms. The summed E-state index contributed by atoms with van der Waals surface area (Å²) in [7, 11) is 3.87. The molecule has 23 heavy (non-hydrogen) atoms. The van der Waals surface area contributed by atoms with Crippen LogP contribution in [-0.4, -0.2) is 56.5 Å². The second kappa shape index (κ2) is 6.58. The van der Waals surface area contributed by atoms with Gasteiger partial charge in [-0.15, -0.1) is 0 Å². The van der Waals surface area contributed by atoms with Crippen molar-refractivity contribution in [1.29, 1.82) is 0 Å². The Morgan fingerprint density at radius 3 is 3.00 bits per heavy atom. The Morgan fingerprint density at radius 2 is 2.22 bits per heavy atom. The van der Waals surface area contributed by atoms with Crippen LogP contribution in [0.4, 0.5) is 11.4 Å². The predicted octanol–water partition coefficient (Wildman–Crippen LogP) is 1.29. The molecule has 1 saturated heterocycles. The van der Waals surface area contributed by atoms with E-state index >= 15 is 0 Å². The lowest BCUT2D eigenvalue weighted by molar-refractivity contribution is -0.115. The average molecular weight is 316 g/mol. The van der Waals surface area contributed by atoms with Crippen molar-refractivity contribution < 1.29 is 9.59 Å². The SMILES string of the molecule is CNCC1CCCN1C(=O)c1ccc2c(c1)NC(=O)CCN2C. The highest BCUT2D eigenvalue weighted by Gasteiger charge is 2.29. The van der Waals surface area contributed by atoms with E-state index in [9.17, 15) is 9.59 Å². The Hall–Kier alpha value is -2.08. The van der Waals surface area contributed by atoms with E-state index in [4.69, 9.17) is 0 Å². The van der Waals surface area contributed by atoms with Crippen LogP contribution in [0.2, 0.25) is 0 Å². The number of likely N-dealkylation sites (tertiary alicyclic amines) is 1. The maximum absolute atomic E-state index is 12.8. The van der Waals surface area contributed by atoms with Gasteiger partial charge in [0.1, 0.15) is 0 Å². The minimum atomic E-state index is -0.00516. The quantitative estimate of drug-likeness (QED) is 0.882. The molecule has 1 unspecified atom stereocenters. The third-order valence-corrected chi connectivity index (χ3v) is 4.68. The first-order valence-electron chi connectivity index (χ1n) is 8.20. The summed E-state index contributed by atoms with van der Waals surface area (Å²) in [6.07, 6.45) is 2.55. The Kier molecular flexibility index (Phi) is 4.52. The van der Waals surface area contributed by atoms with Crippen molar-refractivity contribution in [3.63, 3.8) is 0 Å². The summed E-state index contributed by atoms with van der Waals surface area (Å²) >= 11 is 0. The van der Waals surface area contributed by atoms with Crippen LogP contribution in [-0.2, 0) is 4.79 Å². The fraction of sp³-hybridized carbons (Fsp3) is 0.529. The lowest BCUT2D eigenvalue weighted by Gasteiger charge is -2.25. The van der Waals surface area contributed by atoms with Gasteiger partial charge in [0, 0.05) is 44.7 Å². The minimum absolute atomic E-state index is 0.00516. The first-order chi connectivity index (χ1) is 11.1. The van der Waals surface area contributed by atoms with Crippen LogP contribution in [0.15, 0.2) is 18.2 Å². The molecule has 124 valence electrons. The van der Waals surface area contributed by atoms with E-state index < -0.39 is 0 Å². The molecule has 1 aromatic rings. The summed E-state index contributed by atoms with van der Waals surface area (Å²) < 4.78 is 0. The predicted molar refractivity (Wildman–Crippen MR) is 90.9 cm³/mol. The summed E-state index contributed by atoms with van der Waals surface area (Å²) in [6, 6.07) is 5.86. The maximum Gasteiger partial charge on any atom is 0.254 e. The Labute approximate surface area is 136 Å². The summed E-state index contributed by atoms with van der Waals surface area (Å²) in [5.41, 5.74) is 2.33. The van der Waals surface area contributed by atoms with Crippen LogP contribution >= 0.6 is 0 Å². The fourth-order valence-electron chi connectivity index (χ4n) is 3.42. The highest BCUT2D eigenvalue weighted by Crippen LogP contribution is 2.30. The van der Waals surface area contributed by atoms with E-state index in [-0.39, 0.29) is 17.9 Å². The molecule has 0 saturated carbocycles. The third kappa shape index (κ3) is 3.17. The van der Waals surface area contributed by atoms with E-state index in [1.165, 1.54) is 0 Å². The van der Waals surface area contributed by atoms with Crippen LogP contribution in [0.3, 0.4) is 0 Å². The van der Waals surface area contributed by atoms with Crippen molar-refractivity contribution in [1.82, 2.24) is 10.2 Å². The Balaban J connectivity index is 1.86. The molecule has 2 N–H and O–H groups in total. The highest BCUT2D eigenvalue weighted by molar-refractivity contribution is 6.01. The Morgan fingerprint density at radius 1 is 1.39 bits per heavy atom. The number of hydrogen-bond donors (Lipinski definition) is 2. The number of nitrogens with one attached hydrogen (secondary N) is 2. The largest absolute Gasteiger partial charge is 0.372 e. The third-order valence-electron chi connectivity index (χ3n) is 4.68. The normalized spacial score (nSPS) is 21.0. The van der Waals surface area contributed by atoms with Crippen LogP contribution < -0.4 is 15.5 Å². The van der Waals surface area contributed by atoms with E-state index in [1.54, 1.807) is 0 Å². The molecule has 0 radical (unpaired) electrons. The topological polar surface area (TPSA) is 64.7 Å². The molecule has 3 rings (SSSR count). The van der Waals surface area contributed by atoms with Crippen LogP contribution in [0.25, 0.3) is 0 Å². The van der Waals surface area contributed by atoms with Gasteiger partial charge in [-0.05, 0) is 38.1 Å². The van der Waals surface area contributed by atoms with Crippen molar-refractivity contribution in [2.45, 2.75) is 25.3 Å². The van der Waals surface area contributed by atoms with Crippen molar-refractivity contribution >= 4 is 23.2 Å². The van der Waals surface area contributed by atoms with E-state index in [1.807, 2.05) is 42.1 Å². The van der Waals surface area contributed by atoms with E-state index in [2.05, 4.69) is 10.6 Å². The number of fused-ring (bicyclic) bond motifs is 1. The number of nitrogens with zero attached hydrogens (tertiary/aromatic N) is 2. The van der Waals surface area contributed by atoms with Gasteiger partial charge in [0.2, 0.25) is 5.91 Å². The van der Waals surface area contributed by atoms with E-state index in [0.717, 1.165) is 37.3 Å². The van der Waals surface area contributed by atoms with Gasteiger partial charge in [-0.1, -0.05) is 0 Å². The standard InChI is InChI=1S/C17H24N4O2/c1-18-11-13-4-3-8-21(13)17(23)12-5-6-15-14(10-12)19-16(22)7-9-20(15)2/h5-6,10,13,18H,3-4,7-9,11H2,1-2H3,(H,19,22). The van der Waals surface area contributed by atoms with Crippen molar-refractivity contribution in [3.8, 4) is 0 Å². The first-order valence-corrected chi connectivity index (χ1v) is 8.20. The zero-order valence-electron chi connectivity index (χ0n) is 13.8. The van der Waals surface area contributed by atoms with Crippen molar-refractivity contribution in [2.75, 3.05) is 43.9 Å². The van der Waals surface area contributed by atoms with Crippen molar-refractivity contribution in [3.05, 3.63) is 23.8 Å². The second-order valence-electron chi connectivity index (χ2n) is 6.30. The molecule has 0 spiro atoms. The van der Waals surface area contributed by atoms with Gasteiger partial charge in [0.15, 0.2) is 0 Å². The smallest absolute Gasteiger partial charge is 0.254 e. The van der Waals surface area contributed by atoms with Gasteiger partial charge in [0.25, 0.3) is 5.91 Å².